The topological polar surface area (TPSA) is 53.6 Å². The molecule has 0 radical (unpaired) electrons. The Kier molecular flexibility index (Phi) is 3.08. The molecule has 0 aliphatic carbocycles. The van der Waals surface area contributed by atoms with Crippen molar-refractivity contribution >= 4 is 23.7 Å². The van der Waals surface area contributed by atoms with Crippen LogP contribution in [0.3, 0.4) is 0 Å². The lowest BCUT2D eigenvalue weighted by Crippen LogP contribution is -2.41. The van der Waals surface area contributed by atoms with Gasteiger partial charge in [-0.05, 0) is 52.2 Å². The average Bonchev–Trinajstić information content (AvgIpc) is 2.81. The van der Waals surface area contributed by atoms with Gasteiger partial charge in [-0.1, -0.05) is 6.07 Å². The third-order valence-corrected chi connectivity index (χ3v) is 4.53. The van der Waals surface area contributed by atoms with Crippen LogP contribution >= 0.6 is 0 Å². The Labute approximate surface area is 124 Å². The molecule has 0 amide bonds. The Bertz CT molecular complexity index is 728. The highest BCUT2D eigenvalue weighted by Gasteiger charge is 2.51. The number of nitrogens with zero attached hydrogens (tertiary/aromatic N) is 1. The van der Waals surface area contributed by atoms with Crippen molar-refractivity contribution in [3.05, 3.63) is 28.7 Å². The molecule has 0 atom stereocenters. The third kappa shape index (κ3) is 2.13. The van der Waals surface area contributed by atoms with Crippen molar-refractivity contribution in [2.45, 2.75) is 52.4 Å². The molecule has 1 aromatic heterocycles. The van der Waals surface area contributed by atoms with Crippen molar-refractivity contribution in [2.24, 2.45) is 0 Å². The van der Waals surface area contributed by atoms with Gasteiger partial charge in [0, 0.05) is 6.54 Å². The maximum Gasteiger partial charge on any atom is 0.494 e. The summed E-state index contributed by atoms with van der Waals surface area (Å²) >= 11 is 0. The fraction of sp³-hybridized carbons (Fsp3) is 0.533. The molecule has 2 aromatic rings. The summed E-state index contributed by atoms with van der Waals surface area (Å²) in [6.45, 7) is 10.6. The van der Waals surface area contributed by atoms with E-state index in [9.17, 15) is 4.79 Å². The Balaban J connectivity index is 2.02. The summed E-state index contributed by atoms with van der Waals surface area (Å²) in [6, 6.07) is 5.63. The maximum absolute atomic E-state index is 11.7. The predicted octanol–water partition coefficient (Wildman–Crippen LogP) is 1.91. The zero-order valence-corrected chi connectivity index (χ0v) is 13.1. The van der Waals surface area contributed by atoms with E-state index in [4.69, 9.17) is 13.7 Å². The Hall–Kier alpha value is -1.53. The molecule has 1 aliphatic rings. The van der Waals surface area contributed by atoms with E-state index in [1.807, 2.05) is 52.8 Å². The molecule has 1 aliphatic heterocycles. The molecular formula is C15H20BNO4. The molecule has 3 rings (SSSR count). The normalized spacial score (nSPS) is 20.3. The molecule has 0 bridgehead atoms. The summed E-state index contributed by atoms with van der Waals surface area (Å²) in [5.74, 6) is -0.335. The second-order valence-electron chi connectivity index (χ2n) is 6.43. The first-order chi connectivity index (χ1) is 9.75. The molecule has 2 heterocycles. The minimum Gasteiger partial charge on any atom is -0.408 e. The number of rotatable bonds is 2. The van der Waals surface area contributed by atoms with Gasteiger partial charge in [0.2, 0.25) is 0 Å². The van der Waals surface area contributed by atoms with Gasteiger partial charge in [0.25, 0.3) is 0 Å². The molecule has 112 valence electrons. The van der Waals surface area contributed by atoms with Crippen molar-refractivity contribution in [1.29, 1.82) is 0 Å². The van der Waals surface area contributed by atoms with Crippen LogP contribution in [0.15, 0.2) is 27.4 Å². The van der Waals surface area contributed by atoms with Gasteiger partial charge >= 0.3 is 12.9 Å². The first kappa shape index (κ1) is 14.4. The quantitative estimate of drug-likeness (QED) is 0.792. The lowest BCUT2D eigenvalue weighted by molar-refractivity contribution is 0.00578. The highest BCUT2D eigenvalue weighted by Crippen LogP contribution is 2.36. The summed E-state index contributed by atoms with van der Waals surface area (Å²) < 4.78 is 18.9. The molecule has 0 unspecified atom stereocenters. The Morgan fingerprint density at radius 1 is 1.14 bits per heavy atom. The highest BCUT2D eigenvalue weighted by molar-refractivity contribution is 6.62. The van der Waals surface area contributed by atoms with Crippen LogP contribution in [0.5, 0.6) is 0 Å². The Morgan fingerprint density at radius 3 is 2.33 bits per heavy atom. The van der Waals surface area contributed by atoms with Crippen molar-refractivity contribution < 1.29 is 13.7 Å². The summed E-state index contributed by atoms with van der Waals surface area (Å²) in [5, 5.41) is 0. The van der Waals surface area contributed by atoms with Crippen LogP contribution in [0.4, 0.5) is 0 Å². The van der Waals surface area contributed by atoms with E-state index in [0.717, 1.165) is 11.0 Å². The van der Waals surface area contributed by atoms with Gasteiger partial charge in [0.1, 0.15) is 0 Å². The van der Waals surface area contributed by atoms with Crippen molar-refractivity contribution in [3.8, 4) is 0 Å². The van der Waals surface area contributed by atoms with Gasteiger partial charge in [0.15, 0.2) is 5.58 Å². The molecule has 0 saturated carbocycles. The van der Waals surface area contributed by atoms with Gasteiger partial charge in [-0.15, -0.1) is 0 Å². The molecule has 1 saturated heterocycles. The van der Waals surface area contributed by atoms with Crippen molar-refractivity contribution in [2.75, 3.05) is 0 Å². The minimum absolute atomic E-state index is 0.335. The summed E-state index contributed by atoms with van der Waals surface area (Å²) in [7, 11) is -0.449. The van der Waals surface area contributed by atoms with Gasteiger partial charge in [-0.3, -0.25) is 4.57 Å². The number of aromatic nitrogens is 1. The van der Waals surface area contributed by atoms with Crippen molar-refractivity contribution in [1.82, 2.24) is 4.57 Å². The monoisotopic (exact) mass is 289 g/mol. The molecule has 1 fully saturated rings. The van der Waals surface area contributed by atoms with Gasteiger partial charge in [-0.25, -0.2) is 4.79 Å². The SMILES string of the molecule is CCn1c(=O)oc2cc(B3OC(C)(C)C(C)(C)O3)ccc21. The second kappa shape index (κ2) is 4.48. The maximum atomic E-state index is 11.7. The molecule has 5 nitrogen and oxygen atoms in total. The lowest BCUT2D eigenvalue weighted by Gasteiger charge is -2.32. The molecular weight excluding hydrogens is 269 g/mol. The van der Waals surface area contributed by atoms with Crippen LogP contribution in [0.2, 0.25) is 0 Å². The van der Waals surface area contributed by atoms with E-state index >= 15 is 0 Å². The van der Waals surface area contributed by atoms with E-state index < -0.39 is 7.12 Å². The van der Waals surface area contributed by atoms with Crippen LogP contribution in [0, 0.1) is 0 Å². The summed E-state index contributed by atoms with van der Waals surface area (Å²) in [6.07, 6.45) is 0. The van der Waals surface area contributed by atoms with E-state index in [2.05, 4.69) is 0 Å². The highest BCUT2D eigenvalue weighted by atomic mass is 16.7. The van der Waals surface area contributed by atoms with Crippen LogP contribution in [-0.4, -0.2) is 22.9 Å². The number of hydrogen-bond donors (Lipinski definition) is 0. The molecule has 21 heavy (non-hydrogen) atoms. The van der Waals surface area contributed by atoms with Crippen LogP contribution in [-0.2, 0) is 15.9 Å². The number of benzene rings is 1. The van der Waals surface area contributed by atoms with E-state index in [0.29, 0.717) is 12.1 Å². The second-order valence-corrected chi connectivity index (χ2v) is 6.43. The number of fused-ring (bicyclic) bond motifs is 1. The third-order valence-electron chi connectivity index (χ3n) is 4.53. The zero-order valence-electron chi connectivity index (χ0n) is 13.1. The molecule has 6 heteroatoms. The number of oxazole rings is 1. The summed E-state index contributed by atoms with van der Waals surface area (Å²) in [5.41, 5.74) is 1.45. The minimum atomic E-state index is -0.449. The van der Waals surface area contributed by atoms with E-state index in [-0.39, 0.29) is 17.0 Å². The van der Waals surface area contributed by atoms with E-state index in [1.165, 1.54) is 0 Å². The summed E-state index contributed by atoms with van der Waals surface area (Å²) in [4.78, 5) is 11.7. The van der Waals surface area contributed by atoms with Crippen molar-refractivity contribution in [3.63, 3.8) is 0 Å². The van der Waals surface area contributed by atoms with E-state index in [1.54, 1.807) is 4.57 Å². The predicted molar refractivity (Wildman–Crippen MR) is 81.9 cm³/mol. The fourth-order valence-electron chi connectivity index (χ4n) is 2.51. The largest absolute Gasteiger partial charge is 0.494 e. The number of hydrogen-bond acceptors (Lipinski definition) is 4. The number of aryl methyl sites for hydroxylation is 1. The first-order valence-corrected chi connectivity index (χ1v) is 7.24. The Morgan fingerprint density at radius 2 is 1.76 bits per heavy atom. The van der Waals surface area contributed by atoms with Crippen LogP contribution in [0.25, 0.3) is 11.1 Å². The first-order valence-electron chi connectivity index (χ1n) is 7.24. The molecule has 0 N–H and O–H groups in total. The standard InChI is InChI=1S/C15H20BNO4/c1-6-17-11-8-7-10(9-12(11)19-13(17)18)16-20-14(2,3)15(4,5)21-16/h7-9H,6H2,1-5H3. The zero-order chi connectivity index (χ0) is 15.4. The fourth-order valence-corrected chi connectivity index (χ4v) is 2.51. The van der Waals surface area contributed by atoms with Crippen LogP contribution < -0.4 is 11.2 Å². The smallest absolute Gasteiger partial charge is 0.408 e. The molecule has 1 aromatic carbocycles. The van der Waals surface area contributed by atoms with Gasteiger partial charge in [-0.2, -0.15) is 0 Å². The van der Waals surface area contributed by atoms with Gasteiger partial charge in [0.05, 0.1) is 16.7 Å². The average molecular weight is 289 g/mol. The van der Waals surface area contributed by atoms with Crippen LogP contribution in [0.1, 0.15) is 34.6 Å². The van der Waals surface area contributed by atoms with Gasteiger partial charge < -0.3 is 13.7 Å². The lowest BCUT2D eigenvalue weighted by atomic mass is 9.79. The molecule has 0 spiro atoms.